The van der Waals surface area contributed by atoms with Crippen LogP contribution in [0.5, 0.6) is 0 Å². The predicted octanol–water partition coefficient (Wildman–Crippen LogP) is 1.15. The first-order valence-electron chi connectivity index (χ1n) is 9.61. The normalized spacial score (nSPS) is 26.9. The molecule has 0 aromatic heterocycles. The number of piperazine rings is 1. The van der Waals surface area contributed by atoms with E-state index in [0.29, 0.717) is 31.9 Å². The molecule has 3 N–H and O–H groups in total. The number of nitrogens with two attached hydrogens (primary N) is 1. The molecule has 1 aromatic rings. The van der Waals surface area contributed by atoms with Gasteiger partial charge in [-0.05, 0) is 38.9 Å². The van der Waals surface area contributed by atoms with Crippen LogP contribution in [-0.4, -0.2) is 58.0 Å². The minimum atomic E-state index is -3.53. The minimum absolute atomic E-state index is 0.116. The molecule has 1 saturated heterocycles. The Labute approximate surface area is 161 Å². The van der Waals surface area contributed by atoms with Gasteiger partial charge in [-0.2, -0.15) is 0 Å². The molecule has 3 rings (SSSR count). The molecule has 2 fully saturated rings. The Hall–Kier alpha value is -1.64. The van der Waals surface area contributed by atoms with E-state index in [1.807, 2.05) is 28.9 Å². The lowest BCUT2D eigenvalue weighted by Crippen LogP contribution is -2.57. The minimum Gasteiger partial charge on any atom is -0.367 e. The van der Waals surface area contributed by atoms with E-state index in [1.165, 1.54) is 7.05 Å². The molecule has 0 bridgehead atoms. The van der Waals surface area contributed by atoms with Crippen LogP contribution >= 0.6 is 0 Å². The largest absolute Gasteiger partial charge is 0.367 e. The highest BCUT2D eigenvalue weighted by Gasteiger charge is 2.40. The van der Waals surface area contributed by atoms with Crippen molar-refractivity contribution in [3.8, 4) is 0 Å². The molecule has 2 unspecified atom stereocenters. The summed E-state index contributed by atoms with van der Waals surface area (Å²) < 4.78 is 27.0. The van der Waals surface area contributed by atoms with Gasteiger partial charge in [-0.1, -0.05) is 25.0 Å². The lowest BCUT2D eigenvalue weighted by molar-refractivity contribution is -0.139. The quantitative estimate of drug-likeness (QED) is 0.799. The first kappa shape index (κ1) is 20.1. The molecule has 2 atom stereocenters. The van der Waals surface area contributed by atoms with Crippen molar-refractivity contribution in [2.24, 2.45) is 11.7 Å². The van der Waals surface area contributed by atoms with Gasteiger partial charge in [0.25, 0.3) is 0 Å². The Morgan fingerprint density at radius 1 is 1.19 bits per heavy atom. The van der Waals surface area contributed by atoms with Gasteiger partial charge in [0.05, 0.1) is 11.6 Å². The average Bonchev–Trinajstić information content (AvgIpc) is 2.67. The Kier molecular flexibility index (Phi) is 5.79. The molecular formula is C19H30N4O3S. The third kappa shape index (κ3) is 4.12. The summed E-state index contributed by atoms with van der Waals surface area (Å²) in [5.41, 5.74) is 6.65. The molecule has 1 heterocycles. The molecule has 0 spiro atoms. The SMILES string of the molecule is CNS(=O)(=O)c1ccccc1N1CCN(C(=O)C2CCCCC2(C)N)CC1. The second-order valence-corrected chi connectivity index (χ2v) is 9.65. The van der Waals surface area contributed by atoms with E-state index < -0.39 is 15.6 Å². The monoisotopic (exact) mass is 394 g/mol. The topological polar surface area (TPSA) is 95.7 Å². The molecule has 7 nitrogen and oxygen atoms in total. The summed E-state index contributed by atoms with van der Waals surface area (Å²) in [4.78, 5) is 17.2. The number of nitrogens with one attached hydrogen (secondary N) is 1. The van der Waals surface area contributed by atoms with Crippen LogP contribution in [-0.2, 0) is 14.8 Å². The fourth-order valence-corrected chi connectivity index (χ4v) is 5.16. The maximum Gasteiger partial charge on any atom is 0.242 e. The van der Waals surface area contributed by atoms with E-state index in [0.717, 1.165) is 25.7 Å². The lowest BCUT2D eigenvalue weighted by atomic mass is 9.74. The van der Waals surface area contributed by atoms with E-state index in [-0.39, 0.29) is 16.7 Å². The van der Waals surface area contributed by atoms with Crippen LogP contribution in [0, 0.1) is 5.92 Å². The Bertz CT molecular complexity index is 786. The smallest absolute Gasteiger partial charge is 0.242 e. The highest BCUT2D eigenvalue weighted by molar-refractivity contribution is 7.89. The van der Waals surface area contributed by atoms with E-state index in [9.17, 15) is 13.2 Å². The van der Waals surface area contributed by atoms with Crippen molar-refractivity contribution in [2.75, 3.05) is 38.1 Å². The van der Waals surface area contributed by atoms with E-state index in [2.05, 4.69) is 4.72 Å². The summed E-state index contributed by atoms with van der Waals surface area (Å²) in [5, 5.41) is 0. The van der Waals surface area contributed by atoms with Gasteiger partial charge >= 0.3 is 0 Å². The van der Waals surface area contributed by atoms with Crippen molar-refractivity contribution >= 4 is 21.6 Å². The zero-order valence-electron chi connectivity index (χ0n) is 16.1. The van der Waals surface area contributed by atoms with E-state index in [1.54, 1.807) is 12.1 Å². The number of para-hydroxylation sites is 1. The predicted molar refractivity (Wildman–Crippen MR) is 106 cm³/mol. The van der Waals surface area contributed by atoms with E-state index in [4.69, 9.17) is 5.73 Å². The van der Waals surface area contributed by atoms with Crippen molar-refractivity contribution < 1.29 is 13.2 Å². The number of benzene rings is 1. The highest BCUT2D eigenvalue weighted by Crippen LogP contribution is 2.33. The van der Waals surface area contributed by atoms with Crippen molar-refractivity contribution in [1.29, 1.82) is 0 Å². The maximum atomic E-state index is 13.0. The number of hydrogen-bond donors (Lipinski definition) is 2. The van der Waals surface area contributed by atoms with Gasteiger partial charge in [0, 0.05) is 31.7 Å². The van der Waals surface area contributed by atoms with Crippen molar-refractivity contribution in [3.05, 3.63) is 24.3 Å². The lowest BCUT2D eigenvalue weighted by Gasteiger charge is -2.43. The van der Waals surface area contributed by atoms with Gasteiger partial charge in [0.2, 0.25) is 15.9 Å². The van der Waals surface area contributed by atoms with Gasteiger partial charge in [-0.3, -0.25) is 4.79 Å². The molecule has 8 heteroatoms. The standard InChI is InChI=1S/C19H30N4O3S/c1-19(20)10-6-5-7-15(19)18(24)23-13-11-22(12-14-23)16-8-3-4-9-17(16)27(25,26)21-2/h3-4,8-9,15,21H,5-7,10-14,20H2,1-2H3. The number of carbonyl (C=O) groups excluding carboxylic acids is 1. The van der Waals surface area contributed by atoms with Crippen molar-refractivity contribution in [3.63, 3.8) is 0 Å². The summed E-state index contributed by atoms with van der Waals surface area (Å²) in [6.45, 7) is 4.37. The number of nitrogens with zero attached hydrogens (tertiary/aromatic N) is 2. The summed E-state index contributed by atoms with van der Waals surface area (Å²) >= 11 is 0. The van der Waals surface area contributed by atoms with Crippen LogP contribution in [0.15, 0.2) is 29.2 Å². The van der Waals surface area contributed by atoms with Crippen LogP contribution in [0.4, 0.5) is 5.69 Å². The van der Waals surface area contributed by atoms with Gasteiger partial charge in [-0.15, -0.1) is 0 Å². The van der Waals surface area contributed by atoms with Crippen molar-refractivity contribution in [2.45, 2.75) is 43.0 Å². The number of sulfonamides is 1. The summed E-state index contributed by atoms with van der Waals surface area (Å²) in [6.07, 6.45) is 3.88. The third-order valence-electron chi connectivity index (χ3n) is 5.91. The van der Waals surface area contributed by atoms with Gasteiger partial charge in [0.15, 0.2) is 0 Å². The molecule has 150 valence electrons. The molecular weight excluding hydrogens is 364 g/mol. The van der Waals surface area contributed by atoms with Gasteiger partial charge in [-0.25, -0.2) is 13.1 Å². The van der Waals surface area contributed by atoms with Crippen LogP contribution in [0.2, 0.25) is 0 Å². The third-order valence-corrected chi connectivity index (χ3v) is 7.37. The summed E-state index contributed by atoms with van der Waals surface area (Å²) in [5.74, 6) is 0.0326. The average molecular weight is 395 g/mol. The first-order valence-corrected chi connectivity index (χ1v) is 11.1. The molecule has 2 aliphatic rings. The Balaban J connectivity index is 1.71. The Morgan fingerprint density at radius 3 is 2.48 bits per heavy atom. The van der Waals surface area contributed by atoms with Crippen LogP contribution in [0.1, 0.15) is 32.6 Å². The van der Waals surface area contributed by atoms with Crippen molar-refractivity contribution in [1.82, 2.24) is 9.62 Å². The zero-order valence-corrected chi connectivity index (χ0v) is 17.0. The molecule has 1 aliphatic heterocycles. The zero-order chi connectivity index (χ0) is 19.7. The first-order chi connectivity index (χ1) is 12.8. The molecule has 1 aliphatic carbocycles. The maximum absolute atomic E-state index is 13.0. The van der Waals surface area contributed by atoms with Crippen LogP contribution < -0.4 is 15.4 Å². The summed E-state index contributed by atoms with van der Waals surface area (Å²) in [6, 6.07) is 6.99. The fourth-order valence-electron chi connectivity index (χ4n) is 4.21. The second-order valence-electron chi connectivity index (χ2n) is 7.79. The molecule has 27 heavy (non-hydrogen) atoms. The van der Waals surface area contributed by atoms with Crippen LogP contribution in [0.25, 0.3) is 0 Å². The highest BCUT2D eigenvalue weighted by atomic mass is 32.2. The summed E-state index contributed by atoms with van der Waals surface area (Å²) in [7, 11) is -2.12. The Morgan fingerprint density at radius 2 is 1.85 bits per heavy atom. The van der Waals surface area contributed by atoms with Crippen LogP contribution in [0.3, 0.4) is 0 Å². The molecule has 0 radical (unpaired) electrons. The fraction of sp³-hybridized carbons (Fsp3) is 0.632. The number of anilines is 1. The van der Waals surface area contributed by atoms with Gasteiger partial charge < -0.3 is 15.5 Å². The number of rotatable bonds is 4. The van der Waals surface area contributed by atoms with E-state index >= 15 is 0 Å². The second kappa shape index (κ2) is 7.77. The number of hydrogen-bond acceptors (Lipinski definition) is 5. The molecule has 1 amide bonds. The molecule has 1 aromatic carbocycles. The number of carbonyl (C=O) groups is 1. The molecule has 1 saturated carbocycles. The van der Waals surface area contributed by atoms with Gasteiger partial charge in [0.1, 0.15) is 4.90 Å². The number of amides is 1.